The summed E-state index contributed by atoms with van der Waals surface area (Å²) < 4.78 is 0. The monoisotopic (exact) mass is 316 g/mol. The van der Waals surface area contributed by atoms with Crippen molar-refractivity contribution in [3.63, 3.8) is 0 Å². The molecule has 1 fully saturated rings. The lowest BCUT2D eigenvalue weighted by atomic mass is 9.96. The molecule has 2 aromatic rings. The van der Waals surface area contributed by atoms with Gasteiger partial charge in [-0.3, -0.25) is 14.7 Å². The van der Waals surface area contributed by atoms with Crippen molar-refractivity contribution in [3.8, 4) is 0 Å². The number of hydrogen-bond acceptors (Lipinski definition) is 6. The third-order valence-electron chi connectivity index (χ3n) is 4.38. The van der Waals surface area contributed by atoms with Crippen molar-refractivity contribution in [1.82, 2.24) is 9.88 Å². The quantitative estimate of drug-likeness (QED) is 0.890. The minimum atomic E-state index is -0.680. The van der Waals surface area contributed by atoms with Gasteiger partial charge in [0.15, 0.2) is 0 Å². The molecule has 7 heteroatoms. The minimum absolute atomic E-state index is 0.0230. The molecule has 1 atom stereocenters. The van der Waals surface area contributed by atoms with E-state index < -0.39 is 5.97 Å². The number of fused-ring (bicyclic) bond motifs is 3. The summed E-state index contributed by atoms with van der Waals surface area (Å²) in [5.74, 6) is -0.897. The Morgan fingerprint density at radius 2 is 2.23 bits per heavy atom. The van der Waals surface area contributed by atoms with Gasteiger partial charge in [-0.2, -0.15) is 0 Å². The average Bonchev–Trinajstić information content (AvgIpc) is 2.93. The summed E-state index contributed by atoms with van der Waals surface area (Å²) >= 11 is 1.66. The number of rotatable bonds is 2. The van der Waals surface area contributed by atoms with Crippen molar-refractivity contribution >= 4 is 39.5 Å². The highest BCUT2D eigenvalue weighted by Crippen LogP contribution is 2.43. The average molecular weight is 316 g/mol. The topological polar surface area (TPSA) is 77.8 Å². The standard InChI is InChI=1S/C15H16N4O2S/c20-15(21)9-3-6-19(7-4-9)13-12-11(17-8-18-13)10-2-1-5-16-14(10)22-12/h1-2,5,8-9,13H,3-4,6-7H2,(H,17,18)(H,20,21). The van der Waals surface area contributed by atoms with E-state index in [4.69, 9.17) is 5.11 Å². The maximum Gasteiger partial charge on any atom is 0.306 e. The number of hydrogen-bond donors (Lipinski definition) is 2. The molecule has 22 heavy (non-hydrogen) atoms. The Kier molecular flexibility index (Phi) is 3.31. The summed E-state index contributed by atoms with van der Waals surface area (Å²) in [5, 5.41) is 13.5. The highest BCUT2D eigenvalue weighted by Gasteiger charge is 2.32. The molecule has 0 saturated carbocycles. The van der Waals surface area contributed by atoms with E-state index in [0.29, 0.717) is 12.8 Å². The number of thiophene rings is 1. The highest BCUT2D eigenvalue weighted by atomic mass is 32.1. The maximum atomic E-state index is 11.1. The van der Waals surface area contributed by atoms with Gasteiger partial charge in [-0.05, 0) is 25.0 Å². The molecule has 1 unspecified atom stereocenters. The first kappa shape index (κ1) is 13.7. The molecule has 0 radical (unpaired) electrons. The van der Waals surface area contributed by atoms with Crippen molar-refractivity contribution in [2.24, 2.45) is 10.9 Å². The van der Waals surface area contributed by atoms with Crippen LogP contribution in [0.25, 0.3) is 10.2 Å². The lowest BCUT2D eigenvalue weighted by Gasteiger charge is -2.35. The molecule has 2 aliphatic heterocycles. The summed E-state index contributed by atoms with van der Waals surface area (Å²) in [7, 11) is 0. The molecule has 6 nitrogen and oxygen atoms in total. The molecule has 0 spiro atoms. The lowest BCUT2D eigenvalue weighted by Crippen LogP contribution is -2.38. The first-order valence-electron chi connectivity index (χ1n) is 7.36. The smallest absolute Gasteiger partial charge is 0.306 e. The third kappa shape index (κ3) is 2.17. The van der Waals surface area contributed by atoms with E-state index in [1.54, 1.807) is 23.9 Å². The van der Waals surface area contributed by atoms with Crippen molar-refractivity contribution in [1.29, 1.82) is 0 Å². The molecule has 0 aliphatic carbocycles. The van der Waals surface area contributed by atoms with Gasteiger partial charge in [-0.25, -0.2) is 4.98 Å². The molecule has 2 N–H and O–H groups in total. The van der Waals surface area contributed by atoms with Crippen molar-refractivity contribution < 1.29 is 9.90 Å². The first-order valence-corrected chi connectivity index (χ1v) is 8.18. The fourth-order valence-corrected chi connectivity index (χ4v) is 4.36. The predicted octanol–water partition coefficient (Wildman–Crippen LogP) is 2.55. The second kappa shape index (κ2) is 5.33. The van der Waals surface area contributed by atoms with Crippen LogP contribution in [0.2, 0.25) is 0 Å². The molecule has 0 bridgehead atoms. The summed E-state index contributed by atoms with van der Waals surface area (Å²) in [6, 6.07) is 4.01. The molecule has 2 aromatic heterocycles. The highest BCUT2D eigenvalue weighted by molar-refractivity contribution is 7.19. The minimum Gasteiger partial charge on any atom is -0.481 e. The Morgan fingerprint density at radius 3 is 3.00 bits per heavy atom. The third-order valence-corrected chi connectivity index (χ3v) is 5.53. The number of nitrogens with zero attached hydrogens (tertiary/aromatic N) is 3. The number of carboxylic acids is 1. The van der Waals surface area contributed by atoms with Gasteiger partial charge in [0.25, 0.3) is 0 Å². The van der Waals surface area contributed by atoms with Gasteiger partial charge in [0.1, 0.15) is 11.0 Å². The van der Waals surface area contributed by atoms with E-state index >= 15 is 0 Å². The number of pyridine rings is 1. The van der Waals surface area contributed by atoms with Gasteiger partial charge in [-0.15, -0.1) is 11.3 Å². The van der Waals surface area contributed by atoms with Gasteiger partial charge in [0.2, 0.25) is 0 Å². The Hall–Kier alpha value is -1.99. The van der Waals surface area contributed by atoms with Crippen LogP contribution in [-0.2, 0) is 4.79 Å². The molecular formula is C15H16N4O2S. The van der Waals surface area contributed by atoms with Crippen LogP contribution in [0.4, 0.5) is 5.69 Å². The number of carbonyl (C=O) groups is 1. The first-order chi connectivity index (χ1) is 10.7. The number of aliphatic carboxylic acids is 1. The fourth-order valence-electron chi connectivity index (χ4n) is 3.17. The van der Waals surface area contributed by atoms with Crippen LogP contribution in [0.3, 0.4) is 0 Å². The number of nitrogens with one attached hydrogen (secondary N) is 1. The van der Waals surface area contributed by atoms with E-state index in [-0.39, 0.29) is 12.1 Å². The van der Waals surface area contributed by atoms with Crippen LogP contribution < -0.4 is 5.32 Å². The van der Waals surface area contributed by atoms with Crippen LogP contribution in [0, 0.1) is 5.92 Å². The number of aromatic nitrogens is 1. The number of piperidine rings is 1. The van der Waals surface area contributed by atoms with Crippen LogP contribution in [0.5, 0.6) is 0 Å². The van der Waals surface area contributed by atoms with Crippen LogP contribution in [0.1, 0.15) is 23.9 Å². The van der Waals surface area contributed by atoms with Crippen LogP contribution >= 0.6 is 11.3 Å². The summed E-state index contributed by atoms with van der Waals surface area (Å²) in [5.41, 5.74) is 1.09. The van der Waals surface area contributed by atoms with Crippen LogP contribution in [-0.4, -0.2) is 40.4 Å². The molecule has 2 aliphatic rings. The van der Waals surface area contributed by atoms with Crippen LogP contribution in [0.15, 0.2) is 23.3 Å². The predicted molar refractivity (Wildman–Crippen MR) is 86.4 cm³/mol. The molecule has 1 saturated heterocycles. The normalized spacial score (nSPS) is 22.5. The summed E-state index contributed by atoms with van der Waals surface area (Å²) in [6.07, 6.45) is 4.90. The Labute approximate surface area is 131 Å². The summed E-state index contributed by atoms with van der Waals surface area (Å²) in [6.45, 7) is 1.53. The zero-order valence-electron chi connectivity index (χ0n) is 11.9. The number of carboxylic acid groups (broad SMARTS) is 1. The van der Waals surface area contributed by atoms with E-state index in [9.17, 15) is 4.79 Å². The van der Waals surface area contributed by atoms with E-state index in [1.807, 2.05) is 6.07 Å². The Bertz CT molecular complexity index is 749. The van der Waals surface area contributed by atoms with Gasteiger partial charge in [-0.1, -0.05) is 0 Å². The number of anilines is 1. The lowest BCUT2D eigenvalue weighted by molar-refractivity contribution is -0.143. The number of aliphatic imine (C=N–C) groups is 1. The Balaban J connectivity index is 1.63. The molecule has 4 heterocycles. The summed E-state index contributed by atoms with van der Waals surface area (Å²) in [4.78, 5) is 24.6. The van der Waals surface area contributed by atoms with E-state index in [0.717, 1.165) is 29.0 Å². The largest absolute Gasteiger partial charge is 0.481 e. The zero-order chi connectivity index (χ0) is 15.1. The maximum absolute atomic E-state index is 11.1. The van der Waals surface area contributed by atoms with E-state index in [1.165, 1.54) is 4.88 Å². The van der Waals surface area contributed by atoms with Gasteiger partial charge < -0.3 is 10.4 Å². The molecular weight excluding hydrogens is 300 g/mol. The molecule has 114 valence electrons. The zero-order valence-corrected chi connectivity index (χ0v) is 12.7. The van der Waals surface area contributed by atoms with Gasteiger partial charge in [0.05, 0.1) is 22.8 Å². The van der Waals surface area contributed by atoms with Gasteiger partial charge >= 0.3 is 5.97 Å². The van der Waals surface area contributed by atoms with Crippen molar-refractivity contribution in [3.05, 3.63) is 23.2 Å². The van der Waals surface area contributed by atoms with E-state index in [2.05, 4.69) is 26.3 Å². The molecule has 0 amide bonds. The SMILES string of the molecule is O=C(O)C1CCN(C2N=CNc3c2sc2ncccc32)CC1. The van der Waals surface area contributed by atoms with Crippen molar-refractivity contribution in [2.45, 2.75) is 19.0 Å². The molecule has 0 aromatic carbocycles. The van der Waals surface area contributed by atoms with Gasteiger partial charge in [0, 0.05) is 24.7 Å². The second-order valence-corrected chi connectivity index (χ2v) is 6.67. The molecule has 4 rings (SSSR count). The van der Waals surface area contributed by atoms with Crippen molar-refractivity contribution in [2.75, 3.05) is 18.4 Å². The number of likely N-dealkylation sites (tertiary alicyclic amines) is 1. The Morgan fingerprint density at radius 1 is 1.41 bits per heavy atom. The fraction of sp³-hybridized carbons (Fsp3) is 0.400. The second-order valence-electron chi connectivity index (χ2n) is 5.64.